The zero-order valence-electron chi connectivity index (χ0n) is 12.8. The van der Waals surface area contributed by atoms with Crippen molar-refractivity contribution in [3.05, 3.63) is 58.9 Å². The van der Waals surface area contributed by atoms with E-state index < -0.39 is 29.0 Å². The Kier molecular flexibility index (Phi) is 5.26. The van der Waals surface area contributed by atoms with Crippen molar-refractivity contribution in [3.8, 4) is 5.75 Å². The van der Waals surface area contributed by atoms with Crippen LogP contribution in [0.15, 0.2) is 30.3 Å². The summed E-state index contributed by atoms with van der Waals surface area (Å²) in [5, 5.41) is 2.19. The Hall–Kier alpha value is -2.50. The number of aryl methyl sites for hydroxylation is 2. The van der Waals surface area contributed by atoms with Crippen molar-refractivity contribution < 1.29 is 22.7 Å². The van der Waals surface area contributed by atoms with E-state index in [4.69, 9.17) is 4.74 Å². The molecule has 0 saturated heterocycles. The lowest BCUT2D eigenvalue weighted by atomic mass is 10.1. The molecule has 3 nitrogen and oxygen atoms in total. The summed E-state index contributed by atoms with van der Waals surface area (Å²) in [5.41, 5.74) is 1.67. The molecule has 0 bridgehead atoms. The first-order valence-corrected chi connectivity index (χ1v) is 7.01. The molecule has 0 unspecified atom stereocenters. The minimum absolute atomic E-state index is 0.0502. The summed E-state index contributed by atoms with van der Waals surface area (Å²) in [5.74, 6) is -4.27. The number of hydrogen-bond acceptors (Lipinski definition) is 2. The van der Waals surface area contributed by atoms with E-state index in [1.807, 2.05) is 32.0 Å². The molecule has 0 radical (unpaired) electrons. The maximum absolute atomic E-state index is 13.4. The highest BCUT2D eigenvalue weighted by molar-refractivity contribution is 5.90. The largest absolute Gasteiger partial charge is 0.493 e. The third kappa shape index (κ3) is 4.48. The molecule has 2 aromatic rings. The third-order valence-electron chi connectivity index (χ3n) is 3.10. The molecule has 6 heteroatoms. The predicted molar refractivity (Wildman–Crippen MR) is 81.0 cm³/mol. The van der Waals surface area contributed by atoms with E-state index in [2.05, 4.69) is 5.32 Å². The molecule has 2 rings (SSSR count). The summed E-state index contributed by atoms with van der Waals surface area (Å²) in [6.07, 6.45) is -0.0502. The number of halogens is 3. The van der Waals surface area contributed by atoms with Gasteiger partial charge in [-0.25, -0.2) is 13.2 Å². The minimum Gasteiger partial charge on any atom is -0.493 e. The summed E-state index contributed by atoms with van der Waals surface area (Å²) in [6.45, 7) is 3.94. The second-order valence-corrected chi connectivity index (χ2v) is 5.19. The van der Waals surface area contributed by atoms with E-state index in [-0.39, 0.29) is 13.0 Å². The average molecular weight is 323 g/mol. The molecule has 1 amide bonds. The number of nitrogens with one attached hydrogen (secondary N) is 1. The van der Waals surface area contributed by atoms with Crippen LogP contribution in [0.4, 0.5) is 18.9 Å². The van der Waals surface area contributed by atoms with E-state index in [0.717, 1.165) is 23.3 Å². The summed E-state index contributed by atoms with van der Waals surface area (Å²) in [6, 6.07) is 7.38. The van der Waals surface area contributed by atoms with Gasteiger partial charge in [-0.3, -0.25) is 4.79 Å². The molecule has 0 aliphatic carbocycles. The summed E-state index contributed by atoms with van der Waals surface area (Å²) in [4.78, 5) is 11.7. The van der Waals surface area contributed by atoms with Crippen LogP contribution in [0.2, 0.25) is 0 Å². The number of carbonyl (C=O) groups excluding carboxylic acids is 1. The van der Waals surface area contributed by atoms with Gasteiger partial charge in [0.1, 0.15) is 5.75 Å². The van der Waals surface area contributed by atoms with Crippen LogP contribution in [0, 0.1) is 31.3 Å². The first-order chi connectivity index (χ1) is 10.9. The number of ether oxygens (including phenoxy) is 1. The average Bonchev–Trinajstić information content (AvgIpc) is 2.47. The smallest absolute Gasteiger partial charge is 0.227 e. The molecule has 122 valence electrons. The number of carbonyl (C=O) groups is 1. The summed E-state index contributed by atoms with van der Waals surface area (Å²) < 4.78 is 44.8. The van der Waals surface area contributed by atoms with Gasteiger partial charge in [-0.2, -0.15) is 0 Å². The van der Waals surface area contributed by atoms with Gasteiger partial charge in [0.05, 0.1) is 18.7 Å². The second-order valence-electron chi connectivity index (χ2n) is 5.19. The Morgan fingerprint density at radius 2 is 1.70 bits per heavy atom. The van der Waals surface area contributed by atoms with Crippen molar-refractivity contribution in [2.45, 2.75) is 20.3 Å². The molecule has 0 fully saturated rings. The van der Waals surface area contributed by atoms with E-state index in [1.54, 1.807) is 0 Å². The van der Waals surface area contributed by atoms with Gasteiger partial charge in [-0.1, -0.05) is 6.07 Å². The summed E-state index contributed by atoms with van der Waals surface area (Å²) in [7, 11) is 0. The van der Waals surface area contributed by atoms with Gasteiger partial charge in [0.2, 0.25) is 5.91 Å². The van der Waals surface area contributed by atoms with Crippen LogP contribution in [0.25, 0.3) is 0 Å². The Morgan fingerprint density at radius 1 is 1.04 bits per heavy atom. The van der Waals surface area contributed by atoms with E-state index in [0.29, 0.717) is 5.75 Å². The zero-order valence-corrected chi connectivity index (χ0v) is 12.8. The SMILES string of the molecule is Cc1cc(C)cc(OCCC(=O)Nc2ccc(F)c(F)c2F)c1. The quantitative estimate of drug-likeness (QED) is 0.840. The van der Waals surface area contributed by atoms with Crippen molar-refractivity contribution in [2.75, 3.05) is 11.9 Å². The lowest BCUT2D eigenvalue weighted by molar-refractivity contribution is -0.116. The predicted octanol–water partition coefficient (Wildman–Crippen LogP) is 4.13. The molecular weight excluding hydrogens is 307 g/mol. The highest BCUT2D eigenvalue weighted by Gasteiger charge is 2.15. The van der Waals surface area contributed by atoms with E-state index in [1.165, 1.54) is 0 Å². The maximum atomic E-state index is 13.4. The van der Waals surface area contributed by atoms with Crippen LogP contribution in [-0.2, 0) is 4.79 Å². The van der Waals surface area contributed by atoms with Crippen LogP contribution in [0.3, 0.4) is 0 Å². The van der Waals surface area contributed by atoms with Gasteiger partial charge in [0.25, 0.3) is 0 Å². The van der Waals surface area contributed by atoms with E-state index >= 15 is 0 Å². The zero-order chi connectivity index (χ0) is 17.0. The monoisotopic (exact) mass is 323 g/mol. The molecule has 2 aromatic carbocycles. The molecule has 0 aromatic heterocycles. The van der Waals surface area contributed by atoms with Crippen LogP contribution >= 0.6 is 0 Å². The number of benzene rings is 2. The maximum Gasteiger partial charge on any atom is 0.227 e. The molecule has 0 atom stereocenters. The van der Waals surface area contributed by atoms with Crippen LogP contribution < -0.4 is 10.1 Å². The molecule has 0 aliphatic rings. The second kappa shape index (κ2) is 7.17. The fraction of sp³-hybridized carbons (Fsp3) is 0.235. The Labute approximate surface area is 132 Å². The molecule has 0 heterocycles. The van der Waals surface area contributed by atoms with Crippen LogP contribution in [-0.4, -0.2) is 12.5 Å². The Balaban J connectivity index is 1.89. The Morgan fingerprint density at radius 3 is 2.35 bits per heavy atom. The van der Waals surface area contributed by atoms with Gasteiger partial charge in [0, 0.05) is 0 Å². The fourth-order valence-corrected chi connectivity index (χ4v) is 2.11. The Bertz CT molecular complexity index is 712. The van der Waals surface area contributed by atoms with Crippen molar-refractivity contribution in [3.63, 3.8) is 0 Å². The van der Waals surface area contributed by atoms with E-state index in [9.17, 15) is 18.0 Å². The number of hydrogen-bond donors (Lipinski definition) is 1. The fourth-order valence-electron chi connectivity index (χ4n) is 2.11. The standard InChI is InChI=1S/C17H16F3NO2/c1-10-7-11(2)9-12(8-10)23-6-5-15(22)21-14-4-3-13(18)16(19)17(14)20/h3-4,7-9H,5-6H2,1-2H3,(H,21,22). The third-order valence-corrected chi connectivity index (χ3v) is 3.10. The van der Waals surface area contributed by atoms with Gasteiger partial charge >= 0.3 is 0 Å². The van der Waals surface area contributed by atoms with Gasteiger partial charge in [0.15, 0.2) is 17.5 Å². The molecular formula is C17H16F3NO2. The van der Waals surface area contributed by atoms with Crippen molar-refractivity contribution in [1.82, 2.24) is 0 Å². The first kappa shape index (κ1) is 16.9. The highest BCUT2D eigenvalue weighted by atomic mass is 19.2. The van der Waals surface area contributed by atoms with Gasteiger partial charge < -0.3 is 10.1 Å². The molecule has 1 N–H and O–H groups in total. The normalized spacial score (nSPS) is 10.5. The number of anilines is 1. The van der Waals surface area contributed by atoms with Crippen LogP contribution in [0.1, 0.15) is 17.5 Å². The van der Waals surface area contributed by atoms with Crippen molar-refractivity contribution >= 4 is 11.6 Å². The molecule has 0 spiro atoms. The first-order valence-electron chi connectivity index (χ1n) is 7.01. The van der Waals surface area contributed by atoms with Crippen molar-refractivity contribution in [1.29, 1.82) is 0 Å². The van der Waals surface area contributed by atoms with Gasteiger partial charge in [-0.15, -0.1) is 0 Å². The molecule has 0 saturated carbocycles. The lowest BCUT2D eigenvalue weighted by Crippen LogP contribution is -2.16. The van der Waals surface area contributed by atoms with Gasteiger partial charge in [-0.05, 0) is 49.2 Å². The topological polar surface area (TPSA) is 38.3 Å². The van der Waals surface area contributed by atoms with Crippen molar-refractivity contribution in [2.24, 2.45) is 0 Å². The lowest BCUT2D eigenvalue weighted by Gasteiger charge is -2.09. The minimum atomic E-state index is -1.62. The molecule has 0 aliphatic heterocycles. The highest BCUT2D eigenvalue weighted by Crippen LogP contribution is 2.20. The summed E-state index contributed by atoms with van der Waals surface area (Å²) >= 11 is 0. The molecule has 23 heavy (non-hydrogen) atoms. The number of rotatable bonds is 5. The van der Waals surface area contributed by atoms with Crippen LogP contribution in [0.5, 0.6) is 5.75 Å². The number of amides is 1.